The lowest BCUT2D eigenvalue weighted by Gasteiger charge is -2.20. The van der Waals surface area contributed by atoms with E-state index in [1.807, 2.05) is 19.1 Å². The highest BCUT2D eigenvalue weighted by Gasteiger charge is 2.23. The molecule has 0 aliphatic carbocycles. The number of rotatable bonds is 6. The van der Waals surface area contributed by atoms with Crippen LogP contribution in [0.25, 0.3) is 0 Å². The van der Waals surface area contributed by atoms with Crippen LogP contribution in [0, 0.1) is 6.92 Å². The van der Waals surface area contributed by atoms with Crippen LogP contribution in [0.2, 0.25) is 0 Å². The van der Waals surface area contributed by atoms with Gasteiger partial charge in [0.2, 0.25) is 0 Å². The van der Waals surface area contributed by atoms with Gasteiger partial charge in [0.15, 0.2) is 15.8 Å². The number of sulfone groups is 1. The summed E-state index contributed by atoms with van der Waals surface area (Å²) in [6.07, 6.45) is 2.27. The molecule has 8 heteroatoms. The number of aryl methyl sites for hydroxylation is 1. The third-order valence-electron chi connectivity index (χ3n) is 5.04. The zero-order chi connectivity index (χ0) is 20.9. The van der Waals surface area contributed by atoms with Crippen molar-refractivity contribution in [1.82, 2.24) is 10.6 Å². The number of aliphatic imine (C=N–C) groups is 1. The molecule has 0 amide bonds. The molecule has 0 radical (unpaired) electrons. The van der Waals surface area contributed by atoms with E-state index in [1.165, 1.54) is 17.5 Å². The minimum atomic E-state index is -3.17. The van der Waals surface area contributed by atoms with Crippen molar-refractivity contribution in [3.63, 3.8) is 0 Å². The fourth-order valence-electron chi connectivity index (χ4n) is 3.39. The molecule has 1 unspecified atom stereocenters. The van der Waals surface area contributed by atoms with Gasteiger partial charge in [-0.15, -0.1) is 24.0 Å². The van der Waals surface area contributed by atoms with E-state index < -0.39 is 9.84 Å². The first kappa shape index (κ1) is 24.5. The van der Waals surface area contributed by atoms with E-state index in [0.29, 0.717) is 17.5 Å². The van der Waals surface area contributed by atoms with Crippen LogP contribution in [-0.2, 0) is 16.4 Å². The summed E-state index contributed by atoms with van der Waals surface area (Å²) in [4.78, 5) is 7.40. The highest BCUT2D eigenvalue weighted by atomic mass is 127. The monoisotopic (exact) mass is 542 g/mol. The number of hydrogen-bond donors (Lipinski definition) is 2. The second kappa shape index (κ2) is 11.0. The van der Waals surface area contributed by atoms with Crippen LogP contribution in [0.3, 0.4) is 0 Å². The van der Waals surface area contributed by atoms with Crippen molar-refractivity contribution >= 4 is 45.5 Å². The van der Waals surface area contributed by atoms with Crippen molar-refractivity contribution in [1.29, 1.82) is 0 Å². The number of benzene rings is 2. The summed E-state index contributed by atoms with van der Waals surface area (Å²) in [5.41, 5.74) is 3.50. The van der Waals surface area contributed by atoms with Crippen molar-refractivity contribution in [3.8, 4) is 0 Å². The van der Waals surface area contributed by atoms with Crippen molar-refractivity contribution in [2.45, 2.75) is 37.8 Å². The predicted molar refractivity (Wildman–Crippen MR) is 135 cm³/mol. The van der Waals surface area contributed by atoms with Gasteiger partial charge in [-0.3, -0.25) is 0 Å². The van der Waals surface area contributed by atoms with Gasteiger partial charge in [-0.25, -0.2) is 13.4 Å². The average molecular weight is 542 g/mol. The van der Waals surface area contributed by atoms with Crippen LogP contribution in [0.1, 0.15) is 24.5 Å². The molecule has 3 rings (SSSR count). The van der Waals surface area contributed by atoms with Gasteiger partial charge < -0.3 is 15.5 Å². The smallest absolute Gasteiger partial charge is 0.191 e. The molecule has 30 heavy (non-hydrogen) atoms. The molecular formula is C22H31IN4O2S. The fourth-order valence-corrected chi connectivity index (χ4v) is 4.02. The van der Waals surface area contributed by atoms with Crippen molar-refractivity contribution in [3.05, 3.63) is 59.7 Å². The van der Waals surface area contributed by atoms with Gasteiger partial charge >= 0.3 is 0 Å². The standard InChI is InChI=1S/C22H30N4O2S.HI/c1-4-23-22(24-15-18-7-11-21(12-8-18)29(3,27)28)25-19-13-14-26(16-19)20-9-5-17(2)6-10-20;/h5-12,19H,4,13-16H2,1-3H3,(H2,23,24,25);1H. The summed E-state index contributed by atoms with van der Waals surface area (Å²) in [6, 6.07) is 15.9. The highest BCUT2D eigenvalue weighted by molar-refractivity contribution is 14.0. The molecule has 1 fully saturated rings. The Morgan fingerprint density at radius 1 is 1.13 bits per heavy atom. The lowest BCUT2D eigenvalue weighted by atomic mass is 10.2. The molecule has 2 aromatic rings. The largest absolute Gasteiger partial charge is 0.369 e. The van der Waals surface area contributed by atoms with E-state index >= 15 is 0 Å². The first-order valence-corrected chi connectivity index (χ1v) is 11.9. The zero-order valence-corrected chi connectivity index (χ0v) is 20.9. The molecule has 0 bridgehead atoms. The van der Waals surface area contributed by atoms with Crippen LogP contribution >= 0.6 is 24.0 Å². The molecule has 0 saturated carbocycles. The first-order valence-electron chi connectivity index (χ1n) is 10.0. The van der Waals surface area contributed by atoms with E-state index in [4.69, 9.17) is 0 Å². The lowest BCUT2D eigenvalue weighted by Crippen LogP contribution is -2.44. The van der Waals surface area contributed by atoms with Crippen molar-refractivity contribution in [2.24, 2.45) is 4.99 Å². The predicted octanol–water partition coefficient (Wildman–Crippen LogP) is 3.35. The number of nitrogens with one attached hydrogen (secondary N) is 2. The van der Waals surface area contributed by atoms with Crippen LogP contribution in [0.15, 0.2) is 58.4 Å². The summed E-state index contributed by atoms with van der Waals surface area (Å²) in [5, 5.41) is 6.84. The van der Waals surface area contributed by atoms with Crippen LogP contribution < -0.4 is 15.5 Å². The van der Waals surface area contributed by atoms with Gasteiger partial charge in [-0.1, -0.05) is 29.8 Å². The second-order valence-electron chi connectivity index (χ2n) is 7.52. The molecule has 1 atom stereocenters. The van der Waals surface area contributed by atoms with Gasteiger partial charge in [0.25, 0.3) is 0 Å². The summed E-state index contributed by atoms with van der Waals surface area (Å²) in [6.45, 7) is 7.39. The Morgan fingerprint density at radius 3 is 2.40 bits per heavy atom. The van der Waals surface area contributed by atoms with E-state index in [0.717, 1.165) is 37.6 Å². The Labute approximate surface area is 197 Å². The Balaban J connectivity index is 0.00000320. The molecule has 2 aromatic carbocycles. The minimum Gasteiger partial charge on any atom is -0.369 e. The maximum Gasteiger partial charge on any atom is 0.191 e. The fraction of sp³-hybridized carbons (Fsp3) is 0.409. The number of halogens is 1. The third-order valence-corrected chi connectivity index (χ3v) is 6.17. The van der Waals surface area contributed by atoms with Gasteiger partial charge in [-0.05, 0) is 50.1 Å². The molecule has 1 aliphatic heterocycles. The van der Waals surface area contributed by atoms with Crippen LogP contribution in [-0.4, -0.2) is 46.3 Å². The molecular weight excluding hydrogens is 511 g/mol. The van der Waals surface area contributed by atoms with Crippen LogP contribution in [0.4, 0.5) is 5.69 Å². The molecule has 1 heterocycles. The normalized spacial score (nSPS) is 16.8. The molecule has 1 aliphatic rings. The lowest BCUT2D eigenvalue weighted by molar-refractivity contribution is 0.602. The summed E-state index contributed by atoms with van der Waals surface area (Å²) in [5.74, 6) is 0.787. The minimum absolute atomic E-state index is 0. The topological polar surface area (TPSA) is 73.8 Å². The van der Waals surface area contributed by atoms with E-state index in [-0.39, 0.29) is 24.0 Å². The molecule has 0 aromatic heterocycles. The molecule has 1 saturated heterocycles. The Kier molecular flexibility index (Phi) is 8.96. The van der Waals surface area contributed by atoms with Crippen molar-refractivity contribution < 1.29 is 8.42 Å². The van der Waals surface area contributed by atoms with E-state index in [9.17, 15) is 8.42 Å². The summed E-state index contributed by atoms with van der Waals surface area (Å²) in [7, 11) is -3.17. The Hall–Kier alpha value is -1.81. The molecule has 2 N–H and O–H groups in total. The van der Waals surface area contributed by atoms with Crippen molar-refractivity contribution in [2.75, 3.05) is 30.8 Å². The van der Waals surface area contributed by atoms with E-state index in [2.05, 4.69) is 51.7 Å². The maximum absolute atomic E-state index is 11.6. The Morgan fingerprint density at radius 2 is 1.80 bits per heavy atom. The Bertz CT molecular complexity index is 944. The number of nitrogens with zero attached hydrogens (tertiary/aromatic N) is 2. The van der Waals surface area contributed by atoms with Crippen LogP contribution in [0.5, 0.6) is 0 Å². The van der Waals surface area contributed by atoms with Gasteiger partial charge in [0.05, 0.1) is 11.4 Å². The second-order valence-corrected chi connectivity index (χ2v) is 9.54. The highest BCUT2D eigenvalue weighted by Crippen LogP contribution is 2.20. The summed E-state index contributed by atoms with van der Waals surface area (Å²) >= 11 is 0. The third kappa shape index (κ3) is 6.87. The van der Waals surface area contributed by atoms with Gasteiger partial charge in [0, 0.05) is 37.6 Å². The number of anilines is 1. The van der Waals surface area contributed by atoms with E-state index in [1.54, 1.807) is 12.1 Å². The number of guanidine groups is 1. The first-order chi connectivity index (χ1) is 13.8. The molecule has 164 valence electrons. The zero-order valence-electron chi connectivity index (χ0n) is 17.8. The van der Waals surface area contributed by atoms with Gasteiger partial charge in [0.1, 0.15) is 0 Å². The SMILES string of the molecule is CCNC(=NCc1ccc(S(C)(=O)=O)cc1)NC1CCN(c2ccc(C)cc2)C1.I. The average Bonchev–Trinajstić information content (AvgIpc) is 3.15. The number of hydrogen-bond acceptors (Lipinski definition) is 4. The quantitative estimate of drug-likeness (QED) is 0.333. The summed E-state index contributed by atoms with van der Waals surface area (Å²) < 4.78 is 23.2. The molecule has 6 nitrogen and oxygen atoms in total. The molecule has 0 spiro atoms. The maximum atomic E-state index is 11.6. The van der Waals surface area contributed by atoms with Gasteiger partial charge in [-0.2, -0.15) is 0 Å².